The number of hydrogen-bond donors (Lipinski definition) is 2. The molecule has 0 heterocycles. The normalized spacial score (nSPS) is 10.4. The molecule has 6 heteroatoms. The molecule has 0 unspecified atom stereocenters. The Hall–Kier alpha value is -1.95. The summed E-state index contributed by atoms with van der Waals surface area (Å²) in [6, 6.07) is 5.54. The average Bonchev–Trinajstić information content (AvgIpc) is 2.34. The zero-order valence-corrected chi connectivity index (χ0v) is 11.8. The Morgan fingerprint density at radius 2 is 2.00 bits per heavy atom. The minimum absolute atomic E-state index is 0.265. The molecule has 0 aliphatic heterocycles. The highest BCUT2D eigenvalue weighted by Gasteiger charge is 2.09. The van der Waals surface area contributed by atoms with Crippen molar-refractivity contribution in [2.75, 3.05) is 32.5 Å². The minimum atomic E-state index is -0.458. The van der Waals surface area contributed by atoms with Crippen LogP contribution in [0.2, 0.25) is 0 Å². The number of hydrogen-bond acceptors (Lipinski definition) is 3. The maximum atomic E-state index is 12.9. The van der Waals surface area contributed by atoms with E-state index < -0.39 is 11.7 Å². The van der Waals surface area contributed by atoms with E-state index in [1.54, 1.807) is 6.07 Å². The molecule has 5 nitrogen and oxygen atoms in total. The van der Waals surface area contributed by atoms with Gasteiger partial charge in [0.15, 0.2) is 0 Å². The first kappa shape index (κ1) is 16.1. The Morgan fingerprint density at radius 1 is 1.25 bits per heavy atom. The summed E-state index contributed by atoms with van der Waals surface area (Å²) in [5.74, 6) is -1.23. The third kappa shape index (κ3) is 6.84. The van der Waals surface area contributed by atoms with E-state index >= 15 is 0 Å². The molecule has 0 aromatic heterocycles. The van der Waals surface area contributed by atoms with Gasteiger partial charge in [-0.25, -0.2) is 4.39 Å². The maximum Gasteiger partial charge on any atom is 0.233 e. The number of benzene rings is 1. The highest BCUT2D eigenvalue weighted by Crippen LogP contribution is 2.09. The van der Waals surface area contributed by atoms with Crippen molar-refractivity contribution >= 4 is 17.5 Å². The summed E-state index contributed by atoms with van der Waals surface area (Å²) in [4.78, 5) is 25.1. The summed E-state index contributed by atoms with van der Waals surface area (Å²) < 4.78 is 12.9. The summed E-state index contributed by atoms with van der Waals surface area (Å²) in [6.45, 7) is 1.40. The van der Waals surface area contributed by atoms with Gasteiger partial charge in [-0.2, -0.15) is 0 Å². The molecule has 0 saturated heterocycles. The van der Waals surface area contributed by atoms with Gasteiger partial charge in [0.05, 0.1) is 0 Å². The standard InChI is InChI=1S/C14H20FN3O2/c1-18(2)8-4-7-16-13(19)10-14(20)17-12-6-3-5-11(15)9-12/h3,5-6,9H,4,7-8,10H2,1-2H3,(H,16,19)(H,17,20). The lowest BCUT2D eigenvalue weighted by Gasteiger charge is -2.10. The fraction of sp³-hybridized carbons (Fsp3) is 0.429. The van der Waals surface area contributed by atoms with Gasteiger partial charge in [-0.15, -0.1) is 0 Å². The van der Waals surface area contributed by atoms with Crippen LogP contribution in [0.3, 0.4) is 0 Å². The topological polar surface area (TPSA) is 61.4 Å². The van der Waals surface area contributed by atoms with E-state index in [1.807, 2.05) is 19.0 Å². The van der Waals surface area contributed by atoms with Crippen LogP contribution in [0.5, 0.6) is 0 Å². The summed E-state index contributed by atoms with van der Waals surface area (Å²) in [5.41, 5.74) is 0.343. The lowest BCUT2D eigenvalue weighted by Crippen LogP contribution is -2.30. The van der Waals surface area contributed by atoms with Gasteiger partial charge in [0.2, 0.25) is 11.8 Å². The van der Waals surface area contributed by atoms with Crippen LogP contribution in [0.1, 0.15) is 12.8 Å². The van der Waals surface area contributed by atoms with Gasteiger partial charge < -0.3 is 15.5 Å². The van der Waals surface area contributed by atoms with Gasteiger partial charge in [-0.3, -0.25) is 9.59 Å². The number of carbonyl (C=O) groups excluding carboxylic acids is 2. The van der Waals surface area contributed by atoms with Crippen molar-refractivity contribution in [1.29, 1.82) is 0 Å². The Balaban J connectivity index is 2.26. The Bertz CT molecular complexity index is 463. The first-order chi connectivity index (χ1) is 9.47. The second kappa shape index (κ2) is 8.27. The average molecular weight is 281 g/mol. The zero-order valence-electron chi connectivity index (χ0n) is 11.8. The molecule has 2 amide bonds. The van der Waals surface area contributed by atoms with Crippen LogP contribution in [-0.4, -0.2) is 43.9 Å². The zero-order chi connectivity index (χ0) is 15.0. The molecule has 2 N–H and O–H groups in total. The highest BCUT2D eigenvalue weighted by atomic mass is 19.1. The van der Waals surface area contributed by atoms with Crippen molar-refractivity contribution in [2.45, 2.75) is 12.8 Å². The Kier molecular flexibility index (Phi) is 6.66. The van der Waals surface area contributed by atoms with Crippen LogP contribution in [0.25, 0.3) is 0 Å². The van der Waals surface area contributed by atoms with Gasteiger partial charge in [-0.05, 0) is 45.3 Å². The second-order valence-corrected chi connectivity index (χ2v) is 4.74. The van der Waals surface area contributed by atoms with E-state index in [1.165, 1.54) is 18.2 Å². The molecular formula is C14H20FN3O2. The van der Waals surface area contributed by atoms with Crippen molar-refractivity contribution < 1.29 is 14.0 Å². The molecule has 0 bridgehead atoms. The van der Waals surface area contributed by atoms with E-state index in [0.717, 1.165) is 13.0 Å². The molecule has 0 aliphatic carbocycles. The van der Waals surface area contributed by atoms with Gasteiger partial charge in [0, 0.05) is 12.2 Å². The third-order valence-electron chi connectivity index (χ3n) is 2.53. The molecule has 0 atom stereocenters. The SMILES string of the molecule is CN(C)CCCNC(=O)CC(=O)Nc1cccc(F)c1. The van der Waals surface area contributed by atoms with Crippen molar-refractivity contribution in [2.24, 2.45) is 0 Å². The highest BCUT2D eigenvalue weighted by molar-refractivity contribution is 6.03. The van der Waals surface area contributed by atoms with Crippen molar-refractivity contribution in [3.05, 3.63) is 30.1 Å². The summed E-state index contributed by atoms with van der Waals surface area (Å²) in [6.07, 6.45) is 0.558. The number of nitrogens with zero attached hydrogens (tertiary/aromatic N) is 1. The number of nitrogens with one attached hydrogen (secondary N) is 2. The lowest BCUT2D eigenvalue weighted by molar-refractivity contribution is -0.126. The minimum Gasteiger partial charge on any atom is -0.356 e. The van der Waals surface area contributed by atoms with E-state index in [-0.39, 0.29) is 12.3 Å². The predicted molar refractivity (Wildman–Crippen MR) is 75.8 cm³/mol. The van der Waals surface area contributed by atoms with Crippen LogP contribution in [-0.2, 0) is 9.59 Å². The molecule has 0 aliphatic rings. The van der Waals surface area contributed by atoms with Gasteiger partial charge >= 0.3 is 0 Å². The maximum absolute atomic E-state index is 12.9. The number of carbonyl (C=O) groups is 2. The Labute approximate surface area is 118 Å². The first-order valence-electron chi connectivity index (χ1n) is 6.44. The second-order valence-electron chi connectivity index (χ2n) is 4.74. The number of anilines is 1. The summed E-state index contributed by atoms with van der Waals surface area (Å²) in [5, 5.41) is 5.14. The number of halogens is 1. The number of rotatable bonds is 7. The predicted octanol–water partition coefficient (Wildman–Crippen LogP) is 1.22. The molecule has 0 radical (unpaired) electrons. The van der Waals surface area contributed by atoms with Crippen LogP contribution in [0.4, 0.5) is 10.1 Å². The molecule has 1 aromatic rings. The molecule has 0 fully saturated rings. The molecule has 1 rings (SSSR count). The van der Waals surface area contributed by atoms with E-state index in [4.69, 9.17) is 0 Å². The van der Waals surface area contributed by atoms with Crippen LogP contribution in [0.15, 0.2) is 24.3 Å². The van der Waals surface area contributed by atoms with Crippen LogP contribution < -0.4 is 10.6 Å². The summed E-state index contributed by atoms with van der Waals surface area (Å²) in [7, 11) is 3.91. The number of amides is 2. The van der Waals surface area contributed by atoms with Gasteiger partial charge in [0.1, 0.15) is 12.2 Å². The van der Waals surface area contributed by atoms with Crippen molar-refractivity contribution in [3.8, 4) is 0 Å². The van der Waals surface area contributed by atoms with Gasteiger partial charge in [-0.1, -0.05) is 6.07 Å². The Morgan fingerprint density at radius 3 is 2.65 bits per heavy atom. The molecule has 20 heavy (non-hydrogen) atoms. The first-order valence-corrected chi connectivity index (χ1v) is 6.44. The third-order valence-corrected chi connectivity index (χ3v) is 2.53. The molecule has 1 aromatic carbocycles. The largest absolute Gasteiger partial charge is 0.356 e. The van der Waals surface area contributed by atoms with Crippen LogP contribution in [0, 0.1) is 5.82 Å². The molecule has 0 saturated carbocycles. The smallest absolute Gasteiger partial charge is 0.233 e. The molecular weight excluding hydrogens is 261 g/mol. The van der Waals surface area contributed by atoms with Crippen molar-refractivity contribution in [3.63, 3.8) is 0 Å². The molecule has 0 spiro atoms. The molecule has 110 valence electrons. The van der Waals surface area contributed by atoms with Crippen molar-refractivity contribution in [1.82, 2.24) is 10.2 Å². The quantitative estimate of drug-likeness (QED) is 0.583. The van der Waals surface area contributed by atoms with E-state index in [9.17, 15) is 14.0 Å². The monoisotopic (exact) mass is 281 g/mol. The fourth-order valence-electron chi connectivity index (χ4n) is 1.60. The summed E-state index contributed by atoms with van der Waals surface area (Å²) >= 11 is 0. The van der Waals surface area contributed by atoms with Crippen LogP contribution >= 0.6 is 0 Å². The van der Waals surface area contributed by atoms with E-state index in [2.05, 4.69) is 10.6 Å². The van der Waals surface area contributed by atoms with Gasteiger partial charge in [0.25, 0.3) is 0 Å². The fourth-order valence-corrected chi connectivity index (χ4v) is 1.60. The lowest BCUT2D eigenvalue weighted by atomic mass is 10.3. The van der Waals surface area contributed by atoms with E-state index in [0.29, 0.717) is 12.2 Å².